The summed E-state index contributed by atoms with van der Waals surface area (Å²) in [4.78, 5) is 23.6. The summed E-state index contributed by atoms with van der Waals surface area (Å²) < 4.78 is 32.0. The van der Waals surface area contributed by atoms with Crippen LogP contribution in [-0.4, -0.2) is 31.5 Å². The molecule has 2 aromatic carbocycles. The Morgan fingerprint density at radius 3 is 2.15 bits per heavy atom. The van der Waals surface area contributed by atoms with Gasteiger partial charge in [-0.25, -0.2) is 8.42 Å². The number of ether oxygens (including phenoxy) is 1. The fourth-order valence-corrected chi connectivity index (χ4v) is 3.42. The van der Waals surface area contributed by atoms with Crippen molar-refractivity contribution in [2.45, 2.75) is 24.8 Å². The van der Waals surface area contributed by atoms with Crippen molar-refractivity contribution in [2.75, 3.05) is 0 Å². The molecule has 2 aromatic rings. The van der Waals surface area contributed by atoms with Gasteiger partial charge in [0, 0.05) is 0 Å². The third-order valence-electron chi connectivity index (χ3n) is 3.71. The van der Waals surface area contributed by atoms with Crippen molar-refractivity contribution in [3.8, 4) is 5.75 Å². The maximum Gasteiger partial charge on any atom is 0.322 e. The number of benzene rings is 2. The van der Waals surface area contributed by atoms with Crippen LogP contribution in [0.15, 0.2) is 59.5 Å². The number of aryl methyl sites for hydroxylation is 1. The fourth-order valence-electron chi connectivity index (χ4n) is 2.15. The molecular weight excluding hydrogens is 358 g/mol. The molecule has 0 amide bonds. The molecule has 0 fully saturated rings. The molecule has 2 atom stereocenters. The van der Waals surface area contributed by atoms with E-state index in [1.165, 1.54) is 31.2 Å². The van der Waals surface area contributed by atoms with Crippen molar-refractivity contribution < 1.29 is 27.9 Å². The first-order chi connectivity index (χ1) is 12.2. The molecule has 7 nitrogen and oxygen atoms in total. The van der Waals surface area contributed by atoms with Crippen molar-refractivity contribution in [1.29, 1.82) is 0 Å². The lowest BCUT2D eigenvalue weighted by Gasteiger charge is -2.20. The van der Waals surface area contributed by atoms with Gasteiger partial charge in [0.15, 0.2) is 0 Å². The van der Waals surface area contributed by atoms with E-state index in [0.29, 0.717) is 0 Å². The number of carbonyl (C=O) groups excluding carboxylic acids is 1. The highest BCUT2D eigenvalue weighted by molar-refractivity contribution is 7.89. The van der Waals surface area contributed by atoms with E-state index in [-0.39, 0.29) is 10.6 Å². The number of esters is 1. The third-order valence-corrected chi connectivity index (χ3v) is 5.17. The minimum Gasteiger partial charge on any atom is -0.480 e. The summed E-state index contributed by atoms with van der Waals surface area (Å²) in [5, 5.41) is 9.38. The summed E-state index contributed by atoms with van der Waals surface area (Å²) in [6, 6.07) is 12.4. The fraction of sp³-hybridized carbons (Fsp3) is 0.222. The first kappa shape index (κ1) is 19.6. The monoisotopic (exact) mass is 377 g/mol. The normalized spacial score (nSPS) is 13.6. The Labute approximate surface area is 151 Å². The Bertz CT molecular complexity index is 878. The molecule has 0 heterocycles. The Morgan fingerprint density at radius 1 is 1.04 bits per heavy atom. The van der Waals surface area contributed by atoms with Gasteiger partial charge in [-0.1, -0.05) is 35.9 Å². The Kier molecular flexibility index (Phi) is 6.12. The lowest BCUT2D eigenvalue weighted by molar-refractivity contribution is -0.148. The van der Waals surface area contributed by atoms with Gasteiger partial charge in [-0.15, -0.1) is 0 Å². The van der Waals surface area contributed by atoms with Crippen LogP contribution in [0.3, 0.4) is 0 Å². The van der Waals surface area contributed by atoms with Gasteiger partial charge in [-0.3, -0.25) is 9.59 Å². The Balaban J connectivity index is 2.18. The predicted octanol–water partition coefficient (Wildman–Crippen LogP) is 1.97. The number of carboxylic acid groups (broad SMARTS) is 1. The summed E-state index contributed by atoms with van der Waals surface area (Å²) in [5.74, 6) is -3.32. The average Bonchev–Trinajstić information content (AvgIpc) is 2.60. The van der Waals surface area contributed by atoms with E-state index < -0.39 is 33.9 Å². The SMILES string of the molecule is Cc1ccc(S(=O)(=O)N[C@H](C(=O)O)[C@H](C)C(=O)Oc2ccccc2)cc1. The van der Waals surface area contributed by atoms with Crippen molar-refractivity contribution in [3.63, 3.8) is 0 Å². The van der Waals surface area contributed by atoms with Crippen molar-refractivity contribution in [2.24, 2.45) is 5.92 Å². The Hall–Kier alpha value is -2.71. The van der Waals surface area contributed by atoms with Gasteiger partial charge in [0.2, 0.25) is 10.0 Å². The predicted molar refractivity (Wildman–Crippen MR) is 94.2 cm³/mol. The zero-order valence-electron chi connectivity index (χ0n) is 14.2. The zero-order chi connectivity index (χ0) is 19.3. The van der Waals surface area contributed by atoms with E-state index in [2.05, 4.69) is 4.72 Å². The summed E-state index contributed by atoms with van der Waals surface area (Å²) in [5.41, 5.74) is 0.860. The number of carbonyl (C=O) groups is 2. The maximum absolute atomic E-state index is 12.4. The summed E-state index contributed by atoms with van der Waals surface area (Å²) in [6.07, 6.45) is 0. The number of carboxylic acids is 1. The molecule has 138 valence electrons. The van der Waals surface area contributed by atoms with Crippen molar-refractivity contribution in [3.05, 3.63) is 60.2 Å². The van der Waals surface area contributed by atoms with Crippen LogP contribution in [0.1, 0.15) is 12.5 Å². The van der Waals surface area contributed by atoms with Crippen LogP contribution in [0, 0.1) is 12.8 Å². The van der Waals surface area contributed by atoms with E-state index >= 15 is 0 Å². The molecule has 0 aliphatic heterocycles. The van der Waals surface area contributed by atoms with Gasteiger partial charge in [0.1, 0.15) is 11.8 Å². The first-order valence-corrected chi connectivity index (χ1v) is 9.27. The number of rotatable bonds is 7. The molecule has 2 rings (SSSR count). The van der Waals surface area contributed by atoms with Gasteiger partial charge in [-0.05, 0) is 38.1 Å². The minimum atomic E-state index is -4.11. The summed E-state index contributed by atoms with van der Waals surface area (Å²) in [7, 11) is -4.11. The number of para-hydroxylation sites is 1. The van der Waals surface area contributed by atoms with E-state index in [1.807, 2.05) is 0 Å². The lowest BCUT2D eigenvalue weighted by atomic mass is 10.0. The molecule has 0 saturated carbocycles. The average molecular weight is 377 g/mol. The Morgan fingerprint density at radius 2 is 1.62 bits per heavy atom. The molecule has 0 spiro atoms. The molecule has 0 aliphatic carbocycles. The van der Waals surface area contributed by atoms with E-state index in [0.717, 1.165) is 5.56 Å². The van der Waals surface area contributed by atoms with Crippen molar-refractivity contribution >= 4 is 22.0 Å². The highest BCUT2D eigenvalue weighted by Gasteiger charge is 2.35. The van der Waals surface area contributed by atoms with E-state index in [4.69, 9.17) is 4.74 Å². The third kappa shape index (κ3) is 4.90. The van der Waals surface area contributed by atoms with Crippen LogP contribution in [0.25, 0.3) is 0 Å². The standard InChI is InChI=1S/C18H19NO6S/c1-12-8-10-15(11-9-12)26(23,24)19-16(17(20)21)13(2)18(22)25-14-6-4-3-5-7-14/h3-11,13,16,19H,1-2H3,(H,20,21)/t13-,16-/m0/s1. The molecule has 26 heavy (non-hydrogen) atoms. The molecule has 0 aromatic heterocycles. The highest BCUT2D eigenvalue weighted by atomic mass is 32.2. The second-order valence-corrected chi connectivity index (χ2v) is 7.49. The zero-order valence-corrected chi connectivity index (χ0v) is 15.1. The summed E-state index contributed by atoms with van der Waals surface area (Å²) in [6.45, 7) is 3.09. The van der Waals surface area contributed by atoms with Crippen LogP contribution in [-0.2, 0) is 19.6 Å². The van der Waals surface area contributed by atoms with Crippen LogP contribution < -0.4 is 9.46 Å². The molecule has 2 N–H and O–H groups in total. The first-order valence-electron chi connectivity index (χ1n) is 7.79. The quantitative estimate of drug-likeness (QED) is 0.564. The molecular formula is C18H19NO6S. The molecule has 8 heteroatoms. The van der Waals surface area contributed by atoms with Gasteiger partial charge in [0.25, 0.3) is 0 Å². The van der Waals surface area contributed by atoms with Gasteiger partial charge in [-0.2, -0.15) is 4.72 Å². The number of sulfonamides is 1. The van der Waals surface area contributed by atoms with E-state index in [1.54, 1.807) is 37.3 Å². The highest BCUT2D eigenvalue weighted by Crippen LogP contribution is 2.16. The number of aliphatic carboxylic acids is 1. The van der Waals surface area contributed by atoms with Crippen LogP contribution in [0.5, 0.6) is 5.75 Å². The van der Waals surface area contributed by atoms with Crippen LogP contribution >= 0.6 is 0 Å². The second kappa shape index (κ2) is 8.11. The number of nitrogens with one attached hydrogen (secondary N) is 1. The number of hydrogen-bond donors (Lipinski definition) is 2. The minimum absolute atomic E-state index is 0.0852. The smallest absolute Gasteiger partial charge is 0.322 e. The molecule has 0 radical (unpaired) electrons. The van der Waals surface area contributed by atoms with Crippen LogP contribution in [0.4, 0.5) is 0 Å². The molecule has 0 unspecified atom stereocenters. The topological polar surface area (TPSA) is 110 Å². The largest absolute Gasteiger partial charge is 0.480 e. The number of hydrogen-bond acceptors (Lipinski definition) is 5. The van der Waals surface area contributed by atoms with E-state index in [9.17, 15) is 23.1 Å². The molecule has 0 bridgehead atoms. The maximum atomic E-state index is 12.4. The van der Waals surface area contributed by atoms with Gasteiger partial charge in [0.05, 0.1) is 10.8 Å². The molecule has 0 aliphatic rings. The second-order valence-electron chi connectivity index (χ2n) is 5.77. The summed E-state index contributed by atoms with van der Waals surface area (Å²) >= 11 is 0. The van der Waals surface area contributed by atoms with Crippen molar-refractivity contribution in [1.82, 2.24) is 4.72 Å². The molecule has 0 saturated heterocycles. The lowest BCUT2D eigenvalue weighted by Crippen LogP contribution is -2.48. The van der Waals surface area contributed by atoms with Gasteiger partial charge >= 0.3 is 11.9 Å². The van der Waals surface area contributed by atoms with Crippen LogP contribution in [0.2, 0.25) is 0 Å². The van der Waals surface area contributed by atoms with Gasteiger partial charge < -0.3 is 9.84 Å².